The summed E-state index contributed by atoms with van der Waals surface area (Å²) in [7, 11) is 1.56. The van der Waals surface area contributed by atoms with E-state index in [2.05, 4.69) is 73.5 Å². The molecule has 1 amide bonds. The van der Waals surface area contributed by atoms with Gasteiger partial charge in [-0.1, -0.05) is 46.3 Å². The molecular weight excluding hydrogens is 454 g/mol. The molecule has 0 saturated carbocycles. The van der Waals surface area contributed by atoms with Gasteiger partial charge >= 0.3 is 0 Å². The summed E-state index contributed by atoms with van der Waals surface area (Å²) in [6, 6.07) is 24.1. The molecule has 1 aliphatic rings. The molecule has 0 spiro atoms. The van der Waals surface area contributed by atoms with Gasteiger partial charge in [-0.2, -0.15) is 0 Å². The molecule has 0 unspecified atom stereocenters. The summed E-state index contributed by atoms with van der Waals surface area (Å²) in [4.78, 5) is 17.6. The molecule has 6 heteroatoms. The van der Waals surface area contributed by atoms with Crippen molar-refractivity contribution in [2.45, 2.75) is 6.54 Å². The summed E-state index contributed by atoms with van der Waals surface area (Å²) in [5.74, 6) is 0.353. The third-order valence-corrected chi connectivity index (χ3v) is 6.01. The van der Waals surface area contributed by atoms with E-state index in [1.54, 1.807) is 19.2 Å². The summed E-state index contributed by atoms with van der Waals surface area (Å²) in [5, 5.41) is 2.96. The van der Waals surface area contributed by atoms with Crippen LogP contribution < -0.4 is 15.0 Å². The van der Waals surface area contributed by atoms with Crippen LogP contribution in [-0.4, -0.2) is 44.1 Å². The molecule has 1 N–H and O–H groups in total. The SMILES string of the molecule is COc1ccc(Br)cc1C(=O)Nc1ccc(N2CCN(Cc3ccccc3)CC2)cc1. The second-order valence-corrected chi connectivity index (χ2v) is 8.51. The van der Waals surface area contributed by atoms with Gasteiger partial charge in [0.05, 0.1) is 12.7 Å². The van der Waals surface area contributed by atoms with Crippen LogP contribution in [0.25, 0.3) is 0 Å². The fourth-order valence-electron chi connectivity index (χ4n) is 3.82. The van der Waals surface area contributed by atoms with E-state index in [1.165, 1.54) is 11.3 Å². The Morgan fingerprint density at radius 2 is 1.68 bits per heavy atom. The topological polar surface area (TPSA) is 44.8 Å². The number of nitrogens with zero attached hydrogens (tertiary/aromatic N) is 2. The average Bonchev–Trinajstić information content (AvgIpc) is 2.81. The fourth-order valence-corrected chi connectivity index (χ4v) is 4.18. The van der Waals surface area contributed by atoms with E-state index in [-0.39, 0.29) is 5.91 Å². The first-order valence-corrected chi connectivity index (χ1v) is 11.2. The van der Waals surface area contributed by atoms with Gasteiger partial charge in [-0.25, -0.2) is 0 Å². The number of halogens is 1. The third kappa shape index (κ3) is 5.46. The Morgan fingerprint density at radius 3 is 2.35 bits per heavy atom. The van der Waals surface area contributed by atoms with Crippen molar-refractivity contribution in [1.82, 2.24) is 4.90 Å². The Morgan fingerprint density at radius 1 is 0.968 bits per heavy atom. The second kappa shape index (κ2) is 9.98. The lowest BCUT2D eigenvalue weighted by Crippen LogP contribution is -2.45. The highest BCUT2D eigenvalue weighted by Crippen LogP contribution is 2.25. The van der Waals surface area contributed by atoms with Crippen molar-refractivity contribution in [2.24, 2.45) is 0 Å². The molecule has 160 valence electrons. The smallest absolute Gasteiger partial charge is 0.259 e. The molecule has 0 atom stereocenters. The number of carbonyl (C=O) groups is 1. The van der Waals surface area contributed by atoms with Crippen LogP contribution in [0.5, 0.6) is 5.75 Å². The largest absolute Gasteiger partial charge is 0.496 e. The van der Waals surface area contributed by atoms with Crippen LogP contribution in [0.15, 0.2) is 77.3 Å². The van der Waals surface area contributed by atoms with Crippen LogP contribution in [0.1, 0.15) is 15.9 Å². The van der Waals surface area contributed by atoms with E-state index in [1.807, 2.05) is 18.2 Å². The van der Waals surface area contributed by atoms with Crippen molar-refractivity contribution in [3.8, 4) is 5.75 Å². The summed E-state index contributed by atoms with van der Waals surface area (Å²) < 4.78 is 6.14. The van der Waals surface area contributed by atoms with Gasteiger partial charge in [0, 0.05) is 48.6 Å². The molecule has 3 aromatic rings. The lowest BCUT2D eigenvalue weighted by atomic mass is 10.1. The maximum atomic E-state index is 12.7. The van der Waals surface area contributed by atoms with Crippen molar-refractivity contribution in [1.29, 1.82) is 0 Å². The Bertz CT molecular complexity index is 1020. The zero-order valence-corrected chi connectivity index (χ0v) is 19.1. The summed E-state index contributed by atoms with van der Waals surface area (Å²) in [6.07, 6.45) is 0. The molecule has 0 bridgehead atoms. The molecule has 0 aliphatic carbocycles. The number of anilines is 2. The Kier molecular flexibility index (Phi) is 6.89. The minimum atomic E-state index is -0.194. The summed E-state index contributed by atoms with van der Waals surface area (Å²) in [6.45, 7) is 5.06. The molecule has 3 aromatic carbocycles. The third-order valence-electron chi connectivity index (χ3n) is 5.52. The highest BCUT2D eigenvalue weighted by Gasteiger charge is 2.18. The second-order valence-electron chi connectivity index (χ2n) is 7.59. The zero-order chi connectivity index (χ0) is 21.6. The lowest BCUT2D eigenvalue weighted by Gasteiger charge is -2.36. The average molecular weight is 480 g/mol. The van der Waals surface area contributed by atoms with Gasteiger partial charge in [-0.3, -0.25) is 9.69 Å². The van der Waals surface area contributed by atoms with Crippen molar-refractivity contribution >= 4 is 33.2 Å². The van der Waals surface area contributed by atoms with Crippen LogP contribution in [0.4, 0.5) is 11.4 Å². The van der Waals surface area contributed by atoms with E-state index in [4.69, 9.17) is 4.74 Å². The van der Waals surface area contributed by atoms with Crippen molar-refractivity contribution in [3.05, 3.63) is 88.4 Å². The maximum absolute atomic E-state index is 12.7. The number of methoxy groups -OCH3 is 1. The molecule has 0 radical (unpaired) electrons. The zero-order valence-electron chi connectivity index (χ0n) is 17.6. The monoisotopic (exact) mass is 479 g/mol. The highest BCUT2D eigenvalue weighted by molar-refractivity contribution is 9.10. The molecule has 1 fully saturated rings. The van der Waals surface area contributed by atoms with E-state index in [0.717, 1.165) is 42.9 Å². The van der Waals surface area contributed by atoms with Crippen LogP contribution in [0, 0.1) is 0 Å². The predicted octanol–water partition coefficient (Wildman–Crippen LogP) is 5.03. The quantitative estimate of drug-likeness (QED) is 0.538. The maximum Gasteiger partial charge on any atom is 0.259 e. The van der Waals surface area contributed by atoms with E-state index in [0.29, 0.717) is 11.3 Å². The minimum Gasteiger partial charge on any atom is -0.496 e. The number of nitrogens with one attached hydrogen (secondary N) is 1. The highest BCUT2D eigenvalue weighted by atomic mass is 79.9. The number of ether oxygens (including phenoxy) is 1. The van der Waals surface area contributed by atoms with E-state index < -0.39 is 0 Å². The molecule has 1 heterocycles. The Hall–Kier alpha value is -2.83. The van der Waals surface area contributed by atoms with Gasteiger partial charge in [-0.15, -0.1) is 0 Å². The van der Waals surface area contributed by atoms with Gasteiger partial charge in [-0.05, 0) is 48.0 Å². The number of hydrogen-bond acceptors (Lipinski definition) is 4. The van der Waals surface area contributed by atoms with Crippen LogP contribution >= 0.6 is 15.9 Å². The molecular formula is C25H26BrN3O2. The molecule has 1 aliphatic heterocycles. The number of hydrogen-bond donors (Lipinski definition) is 1. The molecule has 0 aromatic heterocycles. The van der Waals surface area contributed by atoms with E-state index in [9.17, 15) is 4.79 Å². The van der Waals surface area contributed by atoms with Gasteiger partial charge in [0.15, 0.2) is 0 Å². The van der Waals surface area contributed by atoms with Gasteiger partial charge in [0.25, 0.3) is 5.91 Å². The van der Waals surface area contributed by atoms with Crippen LogP contribution in [0.2, 0.25) is 0 Å². The number of amides is 1. The van der Waals surface area contributed by atoms with Crippen LogP contribution in [0.3, 0.4) is 0 Å². The number of benzene rings is 3. The standard InChI is InChI=1S/C25H26BrN3O2/c1-31-24-12-7-20(26)17-23(24)25(30)27-21-8-10-22(11-9-21)29-15-13-28(14-16-29)18-19-5-3-2-4-6-19/h2-12,17H,13-16,18H2,1H3,(H,27,30). The molecule has 31 heavy (non-hydrogen) atoms. The van der Waals surface area contributed by atoms with Crippen molar-refractivity contribution < 1.29 is 9.53 Å². The van der Waals surface area contributed by atoms with Gasteiger partial charge < -0.3 is 15.0 Å². The minimum absolute atomic E-state index is 0.194. The first-order chi connectivity index (χ1) is 15.1. The van der Waals surface area contributed by atoms with Crippen LogP contribution in [-0.2, 0) is 6.54 Å². The normalized spacial score (nSPS) is 14.3. The first-order valence-electron chi connectivity index (χ1n) is 10.4. The summed E-state index contributed by atoms with van der Waals surface area (Å²) >= 11 is 3.41. The number of rotatable bonds is 6. The summed E-state index contributed by atoms with van der Waals surface area (Å²) in [5.41, 5.74) is 3.80. The van der Waals surface area contributed by atoms with E-state index >= 15 is 0 Å². The Labute approximate surface area is 191 Å². The number of piperazine rings is 1. The molecule has 4 rings (SSSR count). The molecule has 1 saturated heterocycles. The number of carbonyl (C=O) groups excluding carboxylic acids is 1. The fraction of sp³-hybridized carbons (Fsp3) is 0.240. The molecule has 5 nitrogen and oxygen atoms in total. The Balaban J connectivity index is 1.34. The van der Waals surface area contributed by atoms with Gasteiger partial charge in [0.2, 0.25) is 0 Å². The van der Waals surface area contributed by atoms with Crippen molar-refractivity contribution in [3.63, 3.8) is 0 Å². The lowest BCUT2D eigenvalue weighted by molar-refractivity contribution is 0.102. The first kappa shape index (κ1) is 21.4. The van der Waals surface area contributed by atoms with Gasteiger partial charge in [0.1, 0.15) is 5.75 Å². The predicted molar refractivity (Wildman–Crippen MR) is 129 cm³/mol. The van der Waals surface area contributed by atoms with Crippen molar-refractivity contribution in [2.75, 3.05) is 43.5 Å².